The molecule has 0 saturated heterocycles. The highest BCUT2D eigenvalue weighted by Gasteiger charge is 2.17. The van der Waals surface area contributed by atoms with Gasteiger partial charge in [0.15, 0.2) is 0 Å². The maximum absolute atomic E-state index is 12.2. The van der Waals surface area contributed by atoms with Gasteiger partial charge in [0, 0.05) is 23.6 Å². The zero-order valence-electron chi connectivity index (χ0n) is 10.8. The molecule has 0 aliphatic carbocycles. The maximum atomic E-state index is 12.2. The summed E-state index contributed by atoms with van der Waals surface area (Å²) in [7, 11) is 1.68. The molecule has 6 nitrogen and oxygen atoms in total. The third-order valence-corrected chi connectivity index (χ3v) is 3.65. The number of nitrogens with zero attached hydrogens (tertiary/aromatic N) is 2. The molecule has 0 atom stereocenters. The van der Waals surface area contributed by atoms with Gasteiger partial charge in [-0.1, -0.05) is 6.07 Å². The van der Waals surface area contributed by atoms with Gasteiger partial charge in [-0.15, -0.1) is 11.3 Å². The lowest BCUT2D eigenvalue weighted by molar-refractivity contribution is -0.383. The van der Waals surface area contributed by atoms with E-state index in [4.69, 9.17) is 5.73 Å². The molecule has 20 heavy (non-hydrogen) atoms. The molecule has 0 bridgehead atoms. The molecule has 2 rings (SSSR count). The van der Waals surface area contributed by atoms with Gasteiger partial charge >= 0.3 is 0 Å². The zero-order chi connectivity index (χ0) is 14.7. The van der Waals surface area contributed by atoms with Gasteiger partial charge in [0.25, 0.3) is 11.6 Å². The molecule has 0 fully saturated rings. The first-order valence-corrected chi connectivity index (χ1v) is 6.69. The molecule has 1 aromatic heterocycles. The van der Waals surface area contributed by atoms with Gasteiger partial charge < -0.3 is 10.6 Å². The second-order valence-electron chi connectivity index (χ2n) is 4.27. The van der Waals surface area contributed by atoms with E-state index >= 15 is 0 Å². The number of thiophene rings is 1. The summed E-state index contributed by atoms with van der Waals surface area (Å²) in [5.41, 5.74) is 5.72. The average Bonchev–Trinajstić information content (AvgIpc) is 2.90. The lowest BCUT2D eigenvalue weighted by Gasteiger charge is -2.16. The molecule has 0 saturated carbocycles. The van der Waals surface area contributed by atoms with Crippen molar-refractivity contribution in [1.82, 2.24) is 4.90 Å². The summed E-state index contributed by atoms with van der Waals surface area (Å²) in [6.07, 6.45) is 0. The smallest absolute Gasteiger partial charge is 0.292 e. The summed E-state index contributed by atoms with van der Waals surface area (Å²) in [6, 6.07) is 7.87. The Balaban J connectivity index is 2.16. The first-order valence-electron chi connectivity index (χ1n) is 5.81. The number of hydrogen-bond acceptors (Lipinski definition) is 5. The average molecular weight is 291 g/mol. The van der Waals surface area contributed by atoms with E-state index < -0.39 is 4.92 Å². The third-order valence-electron chi connectivity index (χ3n) is 2.79. The molecule has 1 aromatic carbocycles. The normalized spacial score (nSPS) is 10.2. The van der Waals surface area contributed by atoms with Crippen LogP contribution in [-0.2, 0) is 6.54 Å². The SMILES string of the molecule is CN(Cc1cccs1)C(=O)c1ccc([N+](=O)[O-])c(N)c1. The van der Waals surface area contributed by atoms with Gasteiger partial charge in [0.1, 0.15) is 5.69 Å². The largest absolute Gasteiger partial charge is 0.393 e. The Hall–Kier alpha value is -2.41. The number of carbonyl (C=O) groups excluding carboxylic acids is 1. The van der Waals surface area contributed by atoms with Crippen molar-refractivity contribution in [2.45, 2.75) is 6.54 Å². The van der Waals surface area contributed by atoms with Gasteiger partial charge in [0.2, 0.25) is 0 Å². The second kappa shape index (κ2) is 5.70. The molecule has 2 aromatic rings. The van der Waals surface area contributed by atoms with E-state index in [0.717, 1.165) is 4.88 Å². The Bertz CT molecular complexity index is 640. The third kappa shape index (κ3) is 2.94. The predicted octanol–water partition coefficient (Wildman–Crippen LogP) is 2.51. The number of rotatable bonds is 4. The van der Waals surface area contributed by atoms with E-state index in [1.54, 1.807) is 23.3 Å². The molecular formula is C13H13N3O3S. The molecule has 1 amide bonds. The van der Waals surface area contributed by atoms with Crippen LogP contribution in [0.5, 0.6) is 0 Å². The van der Waals surface area contributed by atoms with Crippen LogP contribution in [0, 0.1) is 10.1 Å². The topological polar surface area (TPSA) is 89.5 Å². The van der Waals surface area contributed by atoms with Crippen LogP contribution in [-0.4, -0.2) is 22.8 Å². The minimum absolute atomic E-state index is 0.00891. The van der Waals surface area contributed by atoms with Crippen molar-refractivity contribution in [2.24, 2.45) is 0 Å². The number of nitro groups is 1. The number of nitrogen functional groups attached to an aromatic ring is 1. The standard InChI is InChI=1S/C13H13N3O3S/c1-15(8-10-3-2-6-20-10)13(17)9-4-5-12(16(18)19)11(14)7-9/h2-7H,8,14H2,1H3. The molecule has 1 heterocycles. The molecule has 2 N–H and O–H groups in total. The monoisotopic (exact) mass is 291 g/mol. The van der Waals surface area contributed by atoms with E-state index in [1.165, 1.54) is 18.2 Å². The molecule has 7 heteroatoms. The van der Waals surface area contributed by atoms with Crippen molar-refractivity contribution >= 4 is 28.6 Å². The number of benzene rings is 1. The highest BCUT2D eigenvalue weighted by molar-refractivity contribution is 7.09. The van der Waals surface area contributed by atoms with Crippen LogP contribution in [0.25, 0.3) is 0 Å². The number of nitrogens with two attached hydrogens (primary N) is 1. The van der Waals surface area contributed by atoms with Gasteiger partial charge in [-0.05, 0) is 23.6 Å². The number of anilines is 1. The van der Waals surface area contributed by atoms with Crippen LogP contribution in [0.15, 0.2) is 35.7 Å². The summed E-state index contributed by atoms with van der Waals surface area (Å²) in [4.78, 5) is 24.9. The van der Waals surface area contributed by atoms with Crippen molar-refractivity contribution in [3.8, 4) is 0 Å². The molecule has 0 radical (unpaired) electrons. The van der Waals surface area contributed by atoms with Gasteiger partial charge in [-0.2, -0.15) is 0 Å². The summed E-state index contributed by atoms with van der Waals surface area (Å²) in [5, 5.41) is 12.6. The summed E-state index contributed by atoms with van der Waals surface area (Å²) in [6.45, 7) is 0.493. The van der Waals surface area contributed by atoms with E-state index in [2.05, 4.69) is 0 Å². The Morgan fingerprint density at radius 2 is 2.20 bits per heavy atom. The minimum atomic E-state index is -0.570. The maximum Gasteiger partial charge on any atom is 0.292 e. The van der Waals surface area contributed by atoms with Crippen LogP contribution in [0.3, 0.4) is 0 Å². The number of amides is 1. The summed E-state index contributed by atoms with van der Waals surface area (Å²) in [5.74, 6) is -0.222. The van der Waals surface area contributed by atoms with Crippen molar-refractivity contribution in [2.75, 3.05) is 12.8 Å². The van der Waals surface area contributed by atoms with E-state index in [1.807, 2.05) is 17.5 Å². The first-order chi connectivity index (χ1) is 9.49. The Morgan fingerprint density at radius 1 is 1.45 bits per heavy atom. The van der Waals surface area contributed by atoms with Crippen molar-refractivity contribution < 1.29 is 9.72 Å². The van der Waals surface area contributed by atoms with Gasteiger partial charge in [-0.3, -0.25) is 14.9 Å². The van der Waals surface area contributed by atoms with Gasteiger partial charge in [0.05, 0.1) is 11.5 Å². The fourth-order valence-corrected chi connectivity index (χ4v) is 2.54. The van der Waals surface area contributed by atoms with Crippen molar-refractivity contribution in [1.29, 1.82) is 0 Å². The van der Waals surface area contributed by atoms with Crippen LogP contribution in [0.1, 0.15) is 15.2 Å². The fourth-order valence-electron chi connectivity index (χ4n) is 1.78. The lowest BCUT2D eigenvalue weighted by Crippen LogP contribution is -2.25. The minimum Gasteiger partial charge on any atom is -0.393 e. The first kappa shape index (κ1) is 14.0. The number of hydrogen-bond donors (Lipinski definition) is 1. The molecule has 104 valence electrons. The second-order valence-corrected chi connectivity index (χ2v) is 5.30. The molecule has 0 aliphatic heterocycles. The van der Waals surface area contributed by atoms with Crippen molar-refractivity contribution in [3.05, 3.63) is 56.3 Å². The van der Waals surface area contributed by atoms with Crippen LogP contribution in [0.4, 0.5) is 11.4 Å². The highest BCUT2D eigenvalue weighted by atomic mass is 32.1. The molecule has 0 aliphatic rings. The highest BCUT2D eigenvalue weighted by Crippen LogP contribution is 2.23. The molecule has 0 unspecified atom stereocenters. The van der Waals surface area contributed by atoms with Crippen LogP contribution < -0.4 is 5.73 Å². The zero-order valence-corrected chi connectivity index (χ0v) is 11.6. The summed E-state index contributed by atoms with van der Waals surface area (Å²) < 4.78 is 0. The van der Waals surface area contributed by atoms with Crippen LogP contribution in [0.2, 0.25) is 0 Å². The van der Waals surface area contributed by atoms with Gasteiger partial charge in [-0.25, -0.2) is 0 Å². The lowest BCUT2D eigenvalue weighted by atomic mass is 10.1. The summed E-state index contributed by atoms with van der Waals surface area (Å²) >= 11 is 1.57. The Labute approximate surface area is 119 Å². The number of carbonyl (C=O) groups is 1. The fraction of sp³-hybridized carbons (Fsp3) is 0.154. The van der Waals surface area contributed by atoms with E-state index in [-0.39, 0.29) is 17.3 Å². The van der Waals surface area contributed by atoms with E-state index in [0.29, 0.717) is 12.1 Å². The van der Waals surface area contributed by atoms with E-state index in [9.17, 15) is 14.9 Å². The predicted molar refractivity (Wildman–Crippen MR) is 77.6 cm³/mol. The number of nitro benzene ring substituents is 1. The molecular weight excluding hydrogens is 278 g/mol. The Kier molecular flexibility index (Phi) is 3.99. The Morgan fingerprint density at radius 3 is 2.75 bits per heavy atom. The quantitative estimate of drug-likeness (QED) is 0.532. The van der Waals surface area contributed by atoms with Crippen molar-refractivity contribution in [3.63, 3.8) is 0 Å². The molecule has 0 spiro atoms. The van der Waals surface area contributed by atoms with Crippen LogP contribution >= 0.6 is 11.3 Å².